The van der Waals surface area contributed by atoms with Gasteiger partial charge in [-0.3, -0.25) is 0 Å². The van der Waals surface area contributed by atoms with Gasteiger partial charge in [0.05, 0.1) is 12.4 Å². The van der Waals surface area contributed by atoms with E-state index in [4.69, 9.17) is 16.9 Å². The van der Waals surface area contributed by atoms with Gasteiger partial charge >= 0.3 is 0 Å². The van der Waals surface area contributed by atoms with Crippen molar-refractivity contribution in [1.82, 2.24) is 13.9 Å². The molecule has 1 rings (SSSR count). The molecule has 1 heterocycles. The normalized spacial score (nSPS) is 11.7. The summed E-state index contributed by atoms with van der Waals surface area (Å²) in [4.78, 5) is 3.73. The highest BCUT2D eigenvalue weighted by Crippen LogP contribution is 2.21. The lowest BCUT2D eigenvalue weighted by Gasteiger charge is -2.13. The third-order valence-corrected chi connectivity index (χ3v) is 4.38. The van der Waals surface area contributed by atoms with Gasteiger partial charge in [-0.05, 0) is 0 Å². The second kappa shape index (κ2) is 4.82. The third-order valence-electron chi connectivity index (χ3n) is 2.03. The number of halogens is 1. The van der Waals surface area contributed by atoms with Crippen LogP contribution in [0.2, 0.25) is 5.15 Å². The van der Waals surface area contributed by atoms with Crippen molar-refractivity contribution in [2.75, 3.05) is 13.6 Å². The van der Waals surface area contributed by atoms with Gasteiger partial charge in [-0.15, -0.1) is 0 Å². The lowest BCUT2D eigenvalue weighted by atomic mass is 10.5. The molecule has 0 bridgehead atoms. The van der Waals surface area contributed by atoms with Gasteiger partial charge in [0.2, 0.25) is 5.03 Å². The SMILES string of the molecule is CN(CCC#N)S(=O)(=O)c1ncn(C)c1Cl. The van der Waals surface area contributed by atoms with Crippen molar-refractivity contribution in [2.45, 2.75) is 11.4 Å². The molecule has 0 N–H and O–H groups in total. The molecule has 0 aliphatic heterocycles. The van der Waals surface area contributed by atoms with Crippen molar-refractivity contribution in [2.24, 2.45) is 7.05 Å². The number of sulfonamides is 1. The van der Waals surface area contributed by atoms with Crippen LogP contribution in [0.5, 0.6) is 0 Å². The Bertz CT molecular complexity index is 517. The van der Waals surface area contributed by atoms with E-state index in [-0.39, 0.29) is 23.1 Å². The minimum Gasteiger partial charge on any atom is -0.324 e. The highest BCUT2D eigenvalue weighted by atomic mass is 35.5. The van der Waals surface area contributed by atoms with Gasteiger partial charge in [0, 0.05) is 27.1 Å². The number of rotatable bonds is 4. The molecule has 6 nitrogen and oxygen atoms in total. The van der Waals surface area contributed by atoms with Crippen molar-refractivity contribution in [3.05, 3.63) is 11.5 Å². The van der Waals surface area contributed by atoms with Crippen LogP contribution in [0.15, 0.2) is 11.4 Å². The quantitative estimate of drug-likeness (QED) is 0.796. The van der Waals surface area contributed by atoms with Crippen molar-refractivity contribution < 1.29 is 8.42 Å². The fourth-order valence-electron chi connectivity index (χ4n) is 1.04. The number of aromatic nitrogens is 2. The molecule has 0 aromatic carbocycles. The van der Waals surface area contributed by atoms with E-state index in [1.54, 1.807) is 7.05 Å². The largest absolute Gasteiger partial charge is 0.324 e. The topological polar surface area (TPSA) is 79.0 Å². The summed E-state index contributed by atoms with van der Waals surface area (Å²) in [6.07, 6.45) is 1.45. The number of aryl methyl sites for hydroxylation is 1. The predicted octanol–water partition coefficient (Wildman–Crippen LogP) is 0.608. The molecule has 0 saturated carbocycles. The summed E-state index contributed by atoms with van der Waals surface area (Å²) in [6, 6.07) is 1.88. The molecular formula is C8H11ClN4O2S. The molecule has 1 aromatic heterocycles. The number of nitrogens with zero attached hydrogens (tertiary/aromatic N) is 4. The molecule has 0 aliphatic carbocycles. The zero-order valence-electron chi connectivity index (χ0n) is 8.88. The van der Waals surface area contributed by atoms with Gasteiger partial charge in [-0.1, -0.05) is 11.6 Å². The van der Waals surface area contributed by atoms with E-state index in [0.717, 1.165) is 4.31 Å². The molecule has 0 aliphatic rings. The molecule has 0 fully saturated rings. The predicted molar refractivity (Wildman–Crippen MR) is 58.3 cm³/mol. The van der Waals surface area contributed by atoms with Gasteiger partial charge in [0.15, 0.2) is 0 Å². The van der Waals surface area contributed by atoms with Crippen LogP contribution in [0.3, 0.4) is 0 Å². The van der Waals surface area contributed by atoms with Crippen molar-refractivity contribution in [3.63, 3.8) is 0 Å². The lowest BCUT2D eigenvalue weighted by Crippen LogP contribution is -2.28. The Hall–Kier alpha value is -1.10. The van der Waals surface area contributed by atoms with Crippen molar-refractivity contribution in [3.8, 4) is 6.07 Å². The summed E-state index contributed by atoms with van der Waals surface area (Å²) in [7, 11) is -0.715. The number of hydrogen-bond donors (Lipinski definition) is 0. The monoisotopic (exact) mass is 262 g/mol. The van der Waals surface area contributed by atoms with E-state index in [1.165, 1.54) is 17.9 Å². The Labute approximate surface area is 99.1 Å². The summed E-state index contributed by atoms with van der Waals surface area (Å²) < 4.78 is 26.3. The highest BCUT2D eigenvalue weighted by Gasteiger charge is 2.26. The first-order valence-electron chi connectivity index (χ1n) is 4.41. The molecule has 88 valence electrons. The van der Waals surface area contributed by atoms with Crippen LogP contribution < -0.4 is 0 Å². The van der Waals surface area contributed by atoms with E-state index in [2.05, 4.69) is 4.98 Å². The maximum atomic E-state index is 11.9. The van der Waals surface area contributed by atoms with E-state index in [9.17, 15) is 8.42 Å². The first kappa shape index (κ1) is 13.0. The second-order valence-corrected chi connectivity index (χ2v) is 5.50. The fraction of sp³-hybridized carbons (Fsp3) is 0.500. The van der Waals surface area contributed by atoms with Crippen LogP contribution in [0.4, 0.5) is 0 Å². The highest BCUT2D eigenvalue weighted by molar-refractivity contribution is 7.89. The summed E-state index contributed by atoms with van der Waals surface area (Å²) >= 11 is 5.80. The van der Waals surface area contributed by atoms with Gasteiger partial charge < -0.3 is 4.57 Å². The molecule has 0 atom stereocenters. The molecular weight excluding hydrogens is 252 g/mol. The molecule has 1 aromatic rings. The molecule has 8 heteroatoms. The lowest BCUT2D eigenvalue weighted by molar-refractivity contribution is 0.474. The first-order valence-corrected chi connectivity index (χ1v) is 6.23. The smallest absolute Gasteiger partial charge is 0.263 e. The Kier molecular flexibility index (Phi) is 3.91. The molecule has 0 unspecified atom stereocenters. The maximum Gasteiger partial charge on any atom is 0.263 e. The Morgan fingerprint density at radius 3 is 2.75 bits per heavy atom. The van der Waals surface area contributed by atoms with Crippen LogP contribution >= 0.6 is 11.6 Å². The van der Waals surface area contributed by atoms with Gasteiger partial charge in [0.1, 0.15) is 5.15 Å². The summed E-state index contributed by atoms with van der Waals surface area (Å²) in [6.45, 7) is 0.117. The van der Waals surface area contributed by atoms with Gasteiger partial charge in [-0.25, -0.2) is 13.4 Å². The van der Waals surface area contributed by atoms with E-state index in [1.807, 2.05) is 6.07 Å². The zero-order valence-corrected chi connectivity index (χ0v) is 10.5. The van der Waals surface area contributed by atoms with Crippen LogP contribution in [0, 0.1) is 11.3 Å². The zero-order chi connectivity index (χ0) is 12.3. The number of hydrogen-bond acceptors (Lipinski definition) is 4. The Morgan fingerprint density at radius 1 is 1.69 bits per heavy atom. The Morgan fingerprint density at radius 2 is 2.31 bits per heavy atom. The molecule has 0 spiro atoms. The fourth-order valence-corrected chi connectivity index (χ4v) is 2.59. The summed E-state index contributed by atoms with van der Waals surface area (Å²) in [5, 5.41) is 8.27. The first-order chi connectivity index (χ1) is 7.41. The van der Waals surface area contributed by atoms with E-state index in [0.29, 0.717) is 0 Å². The van der Waals surface area contributed by atoms with Crippen molar-refractivity contribution in [1.29, 1.82) is 5.26 Å². The molecule has 0 saturated heterocycles. The standard InChI is InChI=1S/C8H11ClN4O2S/c1-12-6-11-8(7(12)9)16(14,15)13(2)5-3-4-10/h6H,3,5H2,1-2H3. The van der Waals surface area contributed by atoms with Crippen LogP contribution in [0.25, 0.3) is 0 Å². The number of imidazole rings is 1. The molecule has 0 radical (unpaired) electrons. The third kappa shape index (κ3) is 2.35. The van der Waals surface area contributed by atoms with Gasteiger partial charge in [-0.2, -0.15) is 9.57 Å². The average Bonchev–Trinajstić information content (AvgIpc) is 2.56. The van der Waals surface area contributed by atoms with E-state index >= 15 is 0 Å². The molecule has 0 amide bonds. The Balaban J connectivity index is 3.03. The van der Waals surface area contributed by atoms with Gasteiger partial charge in [0.25, 0.3) is 10.0 Å². The van der Waals surface area contributed by atoms with Crippen LogP contribution in [0.1, 0.15) is 6.42 Å². The summed E-state index contributed by atoms with van der Waals surface area (Å²) in [5.74, 6) is 0. The second-order valence-electron chi connectivity index (χ2n) is 3.19. The number of nitriles is 1. The average molecular weight is 263 g/mol. The van der Waals surface area contributed by atoms with E-state index < -0.39 is 10.0 Å². The molecule has 16 heavy (non-hydrogen) atoms. The van der Waals surface area contributed by atoms with Crippen LogP contribution in [-0.2, 0) is 17.1 Å². The minimum atomic E-state index is -3.70. The van der Waals surface area contributed by atoms with Crippen molar-refractivity contribution >= 4 is 21.6 Å². The summed E-state index contributed by atoms with van der Waals surface area (Å²) in [5.41, 5.74) is 0. The minimum absolute atomic E-state index is 0.0591. The van der Waals surface area contributed by atoms with Crippen LogP contribution in [-0.4, -0.2) is 35.9 Å². The maximum absolute atomic E-state index is 11.9.